The van der Waals surface area contributed by atoms with Crippen molar-refractivity contribution in [2.24, 2.45) is 0 Å². The van der Waals surface area contributed by atoms with Gasteiger partial charge in [0.25, 0.3) is 5.56 Å². The van der Waals surface area contributed by atoms with Gasteiger partial charge in [0.15, 0.2) is 0 Å². The lowest BCUT2D eigenvalue weighted by Crippen LogP contribution is -2.41. The van der Waals surface area contributed by atoms with Crippen LogP contribution < -0.4 is 10.5 Å². The van der Waals surface area contributed by atoms with Crippen LogP contribution in [0.3, 0.4) is 0 Å². The Balaban J connectivity index is 1.53. The molecule has 3 aromatic rings. The number of carboxylic acid groups (broad SMARTS) is 1. The van der Waals surface area contributed by atoms with Gasteiger partial charge in [-0.25, -0.2) is 9.78 Å². The van der Waals surface area contributed by atoms with Crippen LogP contribution in [0.5, 0.6) is 0 Å². The highest BCUT2D eigenvalue weighted by molar-refractivity contribution is 5.95. The first kappa shape index (κ1) is 24.1. The molecule has 0 saturated carbocycles. The van der Waals surface area contributed by atoms with Crippen LogP contribution in [0.15, 0.2) is 41.3 Å². The standard InChI is InChI=1S/C26H31N5O5/c1-17-5-6-19-20(31(17)26(35)36)7-8-21-25(19)27-22(11-15-28-12-3-2-4-23(28)33)30(21)16-24(34)29-13-9-18(32)10-14-29/h2-4,7-8,12,17-18,32H,5-6,9-11,13-16H2,1H3,(H,35,36)/t17-/m0/s1. The van der Waals surface area contributed by atoms with E-state index in [1.54, 1.807) is 27.8 Å². The first-order chi connectivity index (χ1) is 17.3. The van der Waals surface area contributed by atoms with Crippen LogP contribution in [0.1, 0.15) is 37.6 Å². The summed E-state index contributed by atoms with van der Waals surface area (Å²) < 4.78 is 3.51. The molecule has 0 spiro atoms. The van der Waals surface area contributed by atoms with Gasteiger partial charge in [0.05, 0.1) is 22.8 Å². The zero-order valence-corrected chi connectivity index (χ0v) is 20.3. The smallest absolute Gasteiger partial charge is 0.412 e. The number of likely N-dealkylation sites (tertiary alicyclic amines) is 1. The van der Waals surface area contributed by atoms with Crippen LogP contribution in [0.25, 0.3) is 11.0 Å². The second-order valence-corrected chi connectivity index (χ2v) is 9.68. The maximum Gasteiger partial charge on any atom is 0.412 e. The number of piperidine rings is 1. The van der Waals surface area contributed by atoms with E-state index in [-0.39, 0.29) is 30.2 Å². The molecule has 5 rings (SSSR count). The zero-order chi connectivity index (χ0) is 25.4. The second-order valence-electron chi connectivity index (χ2n) is 9.68. The summed E-state index contributed by atoms with van der Waals surface area (Å²) in [5.74, 6) is 0.637. The number of pyridine rings is 1. The van der Waals surface area contributed by atoms with E-state index in [1.807, 2.05) is 23.6 Å². The number of nitrogens with zero attached hydrogens (tertiary/aromatic N) is 5. The Morgan fingerprint density at radius 2 is 1.89 bits per heavy atom. The van der Waals surface area contributed by atoms with Gasteiger partial charge in [0, 0.05) is 49.9 Å². The van der Waals surface area contributed by atoms with Crippen LogP contribution in [-0.2, 0) is 30.7 Å². The van der Waals surface area contributed by atoms with Crippen molar-refractivity contribution in [1.82, 2.24) is 19.0 Å². The molecule has 4 heterocycles. The normalized spacial score (nSPS) is 18.4. The van der Waals surface area contributed by atoms with Crippen molar-refractivity contribution in [1.29, 1.82) is 0 Å². The Hall–Kier alpha value is -3.66. The van der Waals surface area contributed by atoms with E-state index in [9.17, 15) is 24.6 Å². The molecule has 10 nitrogen and oxygen atoms in total. The number of benzene rings is 1. The summed E-state index contributed by atoms with van der Waals surface area (Å²) in [6.45, 7) is 3.44. The van der Waals surface area contributed by atoms with Gasteiger partial charge in [-0.1, -0.05) is 6.07 Å². The number of carbonyl (C=O) groups excluding carboxylic acids is 1. The van der Waals surface area contributed by atoms with Crippen molar-refractivity contribution in [2.45, 2.75) is 64.3 Å². The number of aryl methyl sites for hydroxylation is 3. The van der Waals surface area contributed by atoms with Crippen molar-refractivity contribution < 1.29 is 19.8 Å². The first-order valence-electron chi connectivity index (χ1n) is 12.5. The molecular formula is C26H31N5O5. The van der Waals surface area contributed by atoms with Crippen molar-refractivity contribution in [2.75, 3.05) is 18.0 Å². The van der Waals surface area contributed by atoms with Gasteiger partial charge in [-0.05, 0) is 50.8 Å². The molecule has 1 fully saturated rings. The highest BCUT2D eigenvalue weighted by atomic mass is 16.4. The molecule has 2 aromatic heterocycles. The van der Waals surface area contributed by atoms with E-state index in [0.717, 1.165) is 11.1 Å². The van der Waals surface area contributed by atoms with Crippen molar-refractivity contribution in [3.05, 3.63) is 58.3 Å². The number of aromatic nitrogens is 3. The average Bonchev–Trinajstić information content (AvgIpc) is 3.20. The molecule has 0 aliphatic carbocycles. The van der Waals surface area contributed by atoms with Gasteiger partial charge in [-0.2, -0.15) is 0 Å². The number of hydrogen-bond acceptors (Lipinski definition) is 5. The number of imidazole rings is 1. The number of aliphatic hydroxyl groups excluding tert-OH is 1. The molecule has 1 aromatic carbocycles. The summed E-state index contributed by atoms with van der Waals surface area (Å²) in [4.78, 5) is 45.5. The SMILES string of the molecule is C[C@H]1CCc2c(ccc3c2nc(CCn2ccccc2=O)n3CC(=O)N2CCC(O)CC2)N1C(=O)O. The van der Waals surface area contributed by atoms with Gasteiger partial charge in [0.2, 0.25) is 5.91 Å². The fourth-order valence-electron chi connectivity index (χ4n) is 5.35. The number of carbonyl (C=O) groups is 2. The third kappa shape index (κ3) is 4.48. The summed E-state index contributed by atoms with van der Waals surface area (Å²) in [5, 5.41) is 19.6. The first-order valence-corrected chi connectivity index (χ1v) is 12.5. The predicted molar refractivity (Wildman–Crippen MR) is 134 cm³/mol. The van der Waals surface area contributed by atoms with Gasteiger partial charge in [-0.15, -0.1) is 0 Å². The molecule has 1 atom stereocenters. The quantitative estimate of drug-likeness (QED) is 0.562. The van der Waals surface area contributed by atoms with E-state index in [0.29, 0.717) is 68.8 Å². The average molecular weight is 494 g/mol. The summed E-state index contributed by atoms with van der Waals surface area (Å²) in [7, 11) is 0. The lowest BCUT2D eigenvalue weighted by Gasteiger charge is -2.33. The number of hydrogen-bond donors (Lipinski definition) is 2. The Kier molecular flexibility index (Phi) is 6.53. The van der Waals surface area contributed by atoms with Crippen molar-refractivity contribution >= 4 is 28.7 Å². The maximum absolute atomic E-state index is 13.2. The van der Waals surface area contributed by atoms with Crippen LogP contribution in [0.2, 0.25) is 0 Å². The predicted octanol–water partition coefficient (Wildman–Crippen LogP) is 2.24. The Bertz CT molecular complexity index is 1350. The number of fused-ring (bicyclic) bond motifs is 3. The van der Waals surface area contributed by atoms with E-state index < -0.39 is 6.09 Å². The largest absolute Gasteiger partial charge is 0.465 e. The van der Waals surface area contributed by atoms with E-state index in [2.05, 4.69) is 0 Å². The monoisotopic (exact) mass is 493 g/mol. The van der Waals surface area contributed by atoms with Gasteiger partial charge in [0.1, 0.15) is 12.4 Å². The third-order valence-corrected chi connectivity index (χ3v) is 7.38. The summed E-state index contributed by atoms with van der Waals surface area (Å²) in [6.07, 6.45) is 3.33. The molecule has 0 radical (unpaired) electrons. The second kappa shape index (κ2) is 9.77. The fourth-order valence-corrected chi connectivity index (χ4v) is 5.35. The molecule has 2 amide bonds. The van der Waals surface area contributed by atoms with Crippen LogP contribution in [0.4, 0.5) is 10.5 Å². The van der Waals surface area contributed by atoms with Gasteiger partial charge >= 0.3 is 6.09 Å². The number of anilines is 1. The van der Waals surface area contributed by atoms with Crippen LogP contribution >= 0.6 is 0 Å². The minimum atomic E-state index is -0.992. The topological polar surface area (TPSA) is 121 Å². The Morgan fingerprint density at radius 1 is 1.11 bits per heavy atom. The van der Waals surface area contributed by atoms with Gasteiger partial charge < -0.3 is 24.2 Å². The minimum absolute atomic E-state index is 0.0437. The van der Waals surface area contributed by atoms with E-state index in [1.165, 1.54) is 11.0 Å². The Morgan fingerprint density at radius 3 is 2.61 bits per heavy atom. The zero-order valence-electron chi connectivity index (χ0n) is 20.3. The maximum atomic E-state index is 13.2. The molecule has 0 bridgehead atoms. The third-order valence-electron chi connectivity index (χ3n) is 7.38. The van der Waals surface area contributed by atoms with Crippen LogP contribution in [-0.4, -0.2) is 66.5 Å². The fraction of sp³-hybridized carbons (Fsp3) is 0.462. The molecule has 10 heteroatoms. The summed E-state index contributed by atoms with van der Waals surface area (Å²) in [5.41, 5.74) is 2.91. The molecule has 2 N–H and O–H groups in total. The molecule has 1 saturated heterocycles. The summed E-state index contributed by atoms with van der Waals surface area (Å²) in [6, 6.07) is 8.54. The Labute approximate surface area is 208 Å². The molecule has 36 heavy (non-hydrogen) atoms. The van der Waals surface area contributed by atoms with Crippen molar-refractivity contribution in [3.63, 3.8) is 0 Å². The molecule has 2 aliphatic heterocycles. The highest BCUT2D eigenvalue weighted by Crippen LogP contribution is 2.36. The molecular weight excluding hydrogens is 462 g/mol. The minimum Gasteiger partial charge on any atom is -0.465 e. The molecule has 0 unspecified atom stereocenters. The lowest BCUT2D eigenvalue weighted by molar-refractivity contribution is -0.133. The number of rotatable bonds is 5. The van der Waals surface area contributed by atoms with Crippen LogP contribution in [0, 0.1) is 0 Å². The van der Waals surface area contributed by atoms with E-state index in [4.69, 9.17) is 4.98 Å². The van der Waals surface area contributed by atoms with E-state index >= 15 is 0 Å². The number of aliphatic hydroxyl groups is 1. The van der Waals surface area contributed by atoms with Gasteiger partial charge in [-0.3, -0.25) is 14.5 Å². The molecule has 2 aliphatic rings. The molecule has 190 valence electrons. The lowest BCUT2D eigenvalue weighted by atomic mass is 9.96. The number of amides is 2. The highest BCUT2D eigenvalue weighted by Gasteiger charge is 2.31. The van der Waals surface area contributed by atoms with Crippen molar-refractivity contribution in [3.8, 4) is 0 Å². The summed E-state index contributed by atoms with van der Waals surface area (Å²) >= 11 is 0.